The van der Waals surface area contributed by atoms with Crippen molar-refractivity contribution in [3.63, 3.8) is 0 Å². The van der Waals surface area contributed by atoms with Gasteiger partial charge in [0.15, 0.2) is 0 Å². The molecule has 0 aromatic rings. The van der Waals surface area contributed by atoms with E-state index in [1.807, 2.05) is 6.92 Å². The first-order chi connectivity index (χ1) is 6.95. The van der Waals surface area contributed by atoms with Gasteiger partial charge in [0.1, 0.15) is 0 Å². The molecule has 0 aromatic carbocycles. The predicted molar refractivity (Wildman–Crippen MR) is 64.7 cm³/mol. The van der Waals surface area contributed by atoms with Crippen molar-refractivity contribution in [2.45, 2.75) is 61.1 Å². The second-order valence-corrected chi connectivity index (χ2v) is 8.38. The molecule has 0 saturated heterocycles. The van der Waals surface area contributed by atoms with Crippen LogP contribution in [-0.4, -0.2) is 24.0 Å². The highest BCUT2D eigenvalue weighted by Crippen LogP contribution is 2.42. The molecular formula is C10H18BrNO2S. The van der Waals surface area contributed by atoms with Crippen molar-refractivity contribution < 1.29 is 8.42 Å². The predicted octanol–water partition coefficient (Wildman–Crippen LogP) is 2.16. The lowest BCUT2D eigenvalue weighted by molar-refractivity contribution is 0.425. The third-order valence-corrected chi connectivity index (χ3v) is 7.01. The third kappa shape index (κ3) is 2.39. The highest BCUT2D eigenvalue weighted by molar-refractivity contribution is 9.09. The van der Waals surface area contributed by atoms with E-state index in [9.17, 15) is 8.42 Å². The monoisotopic (exact) mass is 295 g/mol. The zero-order valence-corrected chi connectivity index (χ0v) is 11.4. The van der Waals surface area contributed by atoms with E-state index >= 15 is 0 Å². The van der Waals surface area contributed by atoms with Gasteiger partial charge in [-0.05, 0) is 32.6 Å². The van der Waals surface area contributed by atoms with Crippen molar-refractivity contribution in [2.75, 3.05) is 0 Å². The zero-order valence-electron chi connectivity index (χ0n) is 9.00. The molecule has 3 nitrogen and oxygen atoms in total. The van der Waals surface area contributed by atoms with Gasteiger partial charge in [-0.2, -0.15) is 0 Å². The summed E-state index contributed by atoms with van der Waals surface area (Å²) in [6, 6.07) is 0.0983. The summed E-state index contributed by atoms with van der Waals surface area (Å²) < 4.78 is 26.4. The molecule has 0 bridgehead atoms. The lowest BCUT2D eigenvalue weighted by atomic mass is 9.96. The summed E-state index contributed by atoms with van der Waals surface area (Å²) >= 11 is 3.57. The maximum absolute atomic E-state index is 12.0. The Kier molecular flexibility index (Phi) is 3.17. The second kappa shape index (κ2) is 4.00. The average molecular weight is 296 g/mol. The summed E-state index contributed by atoms with van der Waals surface area (Å²) in [7, 11) is -3.10. The van der Waals surface area contributed by atoms with E-state index in [0.717, 1.165) is 32.1 Å². The van der Waals surface area contributed by atoms with Gasteiger partial charge >= 0.3 is 0 Å². The van der Waals surface area contributed by atoms with E-state index < -0.39 is 14.8 Å². The minimum atomic E-state index is -3.10. The van der Waals surface area contributed by atoms with Crippen molar-refractivity contribution in [1.82, 2.24) is 4.72 Å². The molecule has 1 N–H and O–H groups in total. The van der Waals surface area contributed by atoms with Crippen molar-refractivity contribution in [2.24, 2.45) is 0 Å². The van der Waals surface area contributed by atoms with Crippen LogP contribution in [0.3, 0.4) is 0 Å². The minimum absolute atomic E-state index is 0.0983. The fourth-order valence-electron chi connectivity index (χ4n) is 2.00. The molecule has 0 radical (unpaired) electrons. The van der Waals surface area contributed by atoms with E-state index in [2.05, 4.69) is 20.7 Å². The van der Waals surface area contributed by atoms with E-state index in [1.165, 1.54) is 6.42 Å². The van der Waals surface area contributed by atoms with E-state index in [0.29, 0.717) is 4.83 Å². The molecular weight excluding hydrogens is 278 g/mol. The smallest absolute Gasteiger partial charge is 0.212 e. The molecule has 0 heterocycles. The summed E-state index contributed by atoms with van der Waals surface area (Å²) in [6.07, 6.45) is 5.98. The Morgan fingerprint density at radius 3 is 2.40 bits per heavy atom. The molecule has 2 atom stereocenters. The Morgan fingerprint density at radius 2 is 1.87 bits per heavy atom. The van der Waals surface area contributed by atoms with Gasteiger partial charge in [0, 0.05) is 10.9 Å². The van der Waals surface area contributed by atoms with Crippen LogP contribution in [0, 0.1) is 0 Å². The Bertz CT molecular complexity index is 337. The largest absolute Gasteiger partial charge is 0.217 e. The van der Waals surface area contributed by atoms with Crippen LogP contribution in [0.5, 0.6) is 0 Å². The number of alkyl halides is 1. The maximum atomic E-state index is 12.0. The first kappa shape index (κ1) is 11.9. The van der Waals surface area contributed by atoms with Crippen LogP contribution in [-0.2, 0) is 10.0 Å². The molecule has 88 valence electrons. The molecule has 0 aromatic heterocycles. The van der Waals surface area contributed by atoms with Gasteiger partial charge in [-0.1, -0.05) is 28.8 Å². The summed E-state index contributed by atoms with van der Waals surface area (Å²) in [4.78, 5) is 0.309. The fourth-order valence-corrected chi connectivity index (χ4v) is 4.50. The molecule has 2 fully saturated rings. The van der Waals surface area contributed by atoms with E-state index in [4.69, 9.17) is 0 Å². The van der Waals surface area contributed by atoms with Gasteiger partial charge in [-0.25, -0.2) is 13.1 Å². The molecule has 2 aliphatic rings. The summed E-state index contributed by atoms with van der Waals surface area (Å²) in [5, 5.41) is 0. The molecule has 2 rings (SSSR count). The van der Waals surface area contributed by atoms with Crippen LogP contribution in [0.15, 0.2) is 0 Å². The van der Waals surface area contributed by atoms with Crippen LogP contribution >= 0.6 is 15.9 Å². The quantitative estimate of drug-likeness (QED) is 0.811. The number of hydrogen-bond acceptors (Lipinski definition) is 2. The number of halogens is 1. The Hall–Kier alpha value is 0.390. The van der Waals surface area contributed by atoms with Gasteiger partial charge in [-0.3, -0.25) is 0 Å². The summed E-state index contributed by atoms with van der Waals surface area (Å²) in [5.74, 6) is 0. The van der Waals surface area contributed by atoms with E-state index in [1.54, 1.807) is 0 Å². The lowest BCUT2D eigenvalue weighted by Gasteiger charge is -2.29. The van der Waals surface area contributed by atoms with Gasteiger partial charge in [0.25, 0.3) is 0 Å². The Morgan fingerprint density at radius 1 is 1.27 bits per heavy atom. The molecule has 15 heavy (non-hydrogen) atoms. The van der Waals surface area contributed by atoms with Crippen LogP contribution in [0.1, 0.15) is 45.4 Å². The zero-order chi connectivity index (χ0) is 11.1. The number of hydrogen-bond donors (Lipinski definition) is 1. The molecule has 2 saturated carbocycles. The molecule has 0 amide bonds. The highest BCUT2D eigenvalue weighted by Gasteiger charge is 2.50. The van der Waals surface area contributed by atoms with Crippen LogP contribution in [0.4, 0.5) is 0 Å². The fraction of sp³-hybridized carbons (Fsp3) is 1.00. The average Bonchev–Trinajstić information content (AvgIpc) is 2.89. The SMILES string of the molecule is CC1(S(=O)(=O)NC2CCCCC2Br)CC1. The standard InChI is InChI=1S/C10H18BrNO2S/c1-10(6-7-10)15(13,14)12-9-5-3-2-4-8(9)11/h8-9,12H,2-7H2,1H3. The second-order valence-electron chi connectivity index (χ2n) is 4.98. The van der Waals surface area contributed by atoms with Crippen LogP contribution < -0.4 is 4.72 Å². The van der Waals surface area contributed by atoms with Gasteiger partial charge < -0.3 is 0 Å². The summed E-state index contributed by atoms with van der Waals surface area (Å²) in [6.45, 7) is 1.83. The van der Waals surface area contributed by atoms with Gasteiger partial charge in [0.2, 0.25) is 10.0 Å². The van der Waals surface area contributed by atoms with Crippen LogP contribution in [0.2, 0.25) is 0 Å². The topological polar surface area (TPSA) is 46.2 Å². The Labute approximate surface area is 100 Å². The molecule has 5 heteroatoms. The first-order valence-electron chi connectivity index (χ1n) is 5.61. The Balaban J connectivity index is 2.01. The van der Waals surface area contributed by atoms with Crippen molar-refractivity contribution in [1.29, 1.82) is 0 Å². The van der Waals surface area contributed by atoms with Crippen molar-refractivity contribution >= 4 is 26.0 Å². The molecule has 2 aliphatic carbocycles. The minimum Gasteiger partial charge on any atom is -0.212 e. The lowest BCUT2D eigenvalue weighted by Crippen LogP contribution is -2.46. The van der Waals surface area contributed by atoms with E-state index in [-0.39, 0.29) is 6.04 Å². The van der Waals surface area contributed by atoms with Crippen LogP contribution in [0.25, 0.3) is 0 Å². The molecule has 2 unspecified atom stereocenters. The number of rotatable bonds is 3. The maximum Gasteiger partial charge on any atom is 0.217 e. The van der Waals surface area contributed by atoms with Gasteiger partial charge in [-0.15, -0.1) is 0 Å². The molecule has 0 aliphatic heterocycles. The number of nitrogens with one attached hydrogen (secondary N) is 1. The van der Waals surface area contributed by atoms with Crippen molar-refractivity contribution in [3.05, 3.63) is 0 Å². The summed E-state index contributed by atoms with van der Waals surface area (Å²) in [5.41, 5.74) is 0. The van der Waals surface area contributed by atoms with Crippen molar-refractivity contribution in [3.8, 4) is 0 Å². The first-order valence-corrected chi connectivity index (χ1v) is 8.00. The molecule has 0 spiro atoms. The van der Waals surface area contributed by atoms with Gasteiger partial charge in [0.05, 0.1) is 4.75 Å². The number of sulfonamides is 1. The third-order valence-electron chi connectivity index (χ3n) is 3.59. The highest BCUT2D eigenvalue weighted by atomic mass is 79.9. The normalized spacial score (nSPS) is 35.1.